The van der Waals surface area contributed by atoms with Crippen molar-refractivity contribution in [1.82, 2.24) is 5.06 Å². The van der Waals surface area contributed by atoms with E-state index < -0.39 is 0 Å². The van der Waals surface area contributed by atoms with E-state index >= 15 is 0 Å². The molecular formula is C11H15NO3. The lowest BCUT2D eigenvalue weighted by Gasteiger charge is -2.25. The van der Waals surface area contributed by atoms with Crippen molar-refractivity contribution in [3.05, 3.63) is 24.2 Å². The van der Waals surface area contributed by atoms with Crippen molar-refractivity contribution < 1.29 is 14.0 Å². The Hall–Kier alpha value is -1.29. The van der Waals surface area contributed by atoms with Gasteiger partial charge in [0.05, 0.1) is 12.9 Å². The first kappa shape index (κ1) is 10.2. The summed E-state index contributed by atoms with van der Waals surface area (Å²) in [7, 11) is 0. The Labute approximate surface area is 88.8 Å². The fraction of sp³-hybridized carbons (Fsp3) is 0.545. The van der Waals surface area contributed by atoms with Gasteiger partial charge in [-0.25, -0.2) is 5.06 Å². The maximum Gasteiger partial charge on any atom is 0.246 e. The second-order valence-corrected chi connectivity index (χ2v) is 3.62. The molecular weight excluding hydrogens is 194 g/mol. The number of nitrogens with zero attached hydrogens (tertiary/aromatic N) is 1. The van der Waals surface area contributed by atoms with E-state index in [-0.39, 0.29) is 5.91 Å². The highest BCUT2D eigenvalue weighted by Crippen LogP contribution is 2.10. The predicted molar refractivity (Wildman–Crippen MR) is 53.9 cm³/mol. The third-order valence-corrected chi connectivity index (χ3v) is 2.45. The third-order valence-electron chi connectivity index (χ3n) is 2.45. The van der Waals surface area contributed by atoms with E-state index in [1.165, 1.54) is 5.06 Å². The summed E-state index contributed by atoms with van der Waals surface area (Å²) in [5.41, 5.74) is 0. The molecule has 1 aliphatic heterocycles. The van der Waals surface area contributed by atoms with Gasteiger partial charge in [-0.3, -0.25) is 9.63 Å². The third kappa shape index (κ3) is 2.83. The van der Waals surface area contributed by atoms with Crippen LogP contribution in [0.3, 0.4) is 0 Å². The topological polar surface area (TPSA) is 42.7 Å². The second-order valence-electron chi connectivity index (χ2n) is 3.62. The van der Waals surface area contributed by atoms with Gasteiger partial charge in [-0.1, -0.05) is 0 Å². The van der Waals surface area contributed by atoms with Crippen LogP contribution in [0.5, 0.6) is 0 Å². The molecule has 1 fully saturated rings. The van der Waals surface area contributed by atoms with Crippen molar-refractivity contribution in [2.75, 3.05) is 13.2 Å². The summed E-state index contributed by atoms with van der Waals surface area (Å²) in [6, 6.07) is 3.71. The molecule has 0 spiro atoms. The highest BCUT2D eigenvalue weighted by Gasteiger charge is 2.17. The van der Waals surface area contributed by atoms with E-state index in [4.69, 9.17) is 9.25 Å². The van der Waals surface area contributed by atoms with E-state index in [1.54, 1.807) is 6.26 Å². The SMILES string of the molecule is O=C(CCc1ccco1)N1CCCCO1. The van der Waals surface area contributed by atoms with Gasteiger partial charge in [0.15, 0.2) is 0 Å². The van der Waals surface area contributed by atoms with Crippen LogP contribution in [0.1, 0.15) is 25.0 Å². The summed E-state index contributed by atoms with van der Waals surface area (Å²) in [6.45, 7) is 1.38. The Morgan fingerprint density at radius 1 is 1.47 bits per heavy atom. The van der Waals surface area contributed by atoms with Gasteiger partial charge in [0.25, 0.3) is 0 Å². The summed E-state index contributed by atoms with van der Waals surface area (Å²) in [5, 5.41) is 1.48. The molecule has 2 rings (SSSR count). The molecule has 4 heteroatoms. The number of aryl methyl sites for hydroxylation is 1. The summed E-state index contributed by atoms with van der Waals surface area (Å²) < 4.78 is 5.16. The zero-order valence-electron chi connectivity index (χ0n) is 8.65. The molecule has 0 radical (unpaired) electrons. The number of amides is 1. The number of hydrogen-bond acceptors (Lipinski definition) is 3. The Bertz CT molecular complexity index is 302. The van der Waals surface area contributed by atoms with Gasteiger partial charge in [-0.15, -0.1) is 0 Å². The number of hydroxylamine groups is 2. The highest BCUT2D eigenvalue weighted by atomic mass is 16.7. The van der Waals surface area contributed by atoms with Crippen molar-refractivity contribution in [3.8, 4) is 0 Å². The molecule has 0 N–H and O–H groups in total. The summed E-state index contributed by atoms with van der Waals surface area (Å²) in [5.74, 6) is 0.895. The molecule has 1 aromatic heterocycles. The van der Waals surface area contributed by atoms with Gasteiger partial charge < -0.3 is 4.42 Å². The van der Waals surface area contributed by atoms with Crippen LogP contribution in [0.25, 0.3) is 0 Å². The zero-order chi connectivity index (χ0) is 10.5. The monoisotopic (exact) mass is 209 g/mol. The highest BCUT2D eigenvalue weighted by molar-refractivity contribution is 5.75. The molecule has 1 aliphatic rings. The van der Waals surface area contributed by atoms with Gasteiger partial charge in [0.2, 0.25) is 5.91 Å². The molecule has 0 aliphatic carbocycles. The van der Waals surface area contributed by atoms with Crippen LogP contribution in [0.2, 0.25) is 0 Å². The second kappa shape index (κ2) is 4.98. The van der Waals surface area contributed by atoms with E-state index in [9.17, 15) is 4.79 Å². The van der Waals surface area contributed by atoms with Crippen LogP contribution in [-0.4, -0.2) is 24.1 Å². The van der Waals surface area contributed by atoms with Crippen LogP contribution >= 0.6 is 0 Å². The van der Waals surface area contributed by atoms with Crippen LogP contribution in [0.4, 0.5) is 0 Å². The minimum absolute atomic E-state index is 0.0473. The van der Waals surface area contributed by atoms with Crippen LogP contribution in [0, 0.1) is 0 Å². The van der Waals surface area contributed by atoms with Crippen molar-refractivity contribution >= 4 is 5.91 Å². The Kier molecular flexibility index (Phi) is 3.40. The molecule has 2 heterocycles. The zero-order valence-corrected chi connectivity index (χ0v) is 8.65. The lowest BCUT2D eigenvalue weighted by atomic mass is 10.2. The summed E-state index contributed by atoms with van der Waals surface area (Å²) in [4.78, 5) is 16.9. The smallest absolute Gasteiger partial charge is 0.246 e. The van der Waals surface area contributed by atoms with Crippen molar-refractivity contribution in [1.29, 1.82) is 0 Å². The number of carbonyl (C=O) groups is 1. The summed E-state index contributed by atoms with van der Waals surface area (Å²) in [6.07, 6.45) is 4.80. The predicted octanol–water partition coefficient (Wildman–Crippen LogP) is 1.77. The fourth-order valence-electron chi connectivity index (χ4n) is 1.60. The van der Waals surface area contributed by atoms with E-state index in [0.717, 1.165) is 25.1 Å². The Balaban J connectivity index is 1.76. The van der Waals surface area contributed by atoms with Crippen LogP contribution in [-0.2, 0) is 16.1 Å². The number of rotatable bonds is 3. The quantitative estimate of drug-likeness (QED) is 0.761. The van der Waals surface area contributed by atoms with Gasteiger partial charge in [0, 0.05) is 19.4 Å². The average molecular weight is 209 g/mol. The summed E-state index contributed by atoms with van der Waals surface area (Å²) >= 11 is 0. The van der Waals surface area contributed by atoms with E-state index in [0.29, 0.717) is 19.4 Å². The maximum atomic E-state index is 11.7. The molecule has 0 aromatic carbocycles. The standard InChI is InChI=1S/C11H15NO3/c13-11(12-7-1-2-9-15-12)6-5-10-4-3-8-14-10/h3-4,8H,1-2,5-7,9H2. The van der Waals surface area contributed by atoms with E-state index in [1.807, 2.05) is 12.1 Å². The fourth-order valence-corrected chi connectivity index (χ4v) is 1.60. The van der Waals surface area contributed by atoms with Crippen molar-refractivity contribution in [2.45, 2.75) is 25.7 Å². The minimum Gasteiger partial charge on any atom is -0.469 e. The largest absolute Gasteiger partial charge is 0.469 e. The number of furan rings is 1. The Morgan fingerprint density at radius 3 is 3.07 bits per heavy atom. The lowest BCUT2D eigenvalue weighted by Crippen LogP contribution is -2.35. The molecule has 1 amide bonds. The minimum atomic E-state index is 0.0473. The molecule has 0 unspecified atom stereocenters. The first-order valence-electron chi connectivity index (χ1n) is 5.32. The lowest BCUT2D eigenvalue weighted by molar-refractivity contribution is -0.197. The Morgan fingerprint density at radius 2 is 2.40 bits per heavy atom. The molecule has 0 atom stereocenters. The van der Waals surface area contributed by atoms with Gasteiger partial charge in [-0.2, -0.15) is 0 Å². The van der Waals surface area contributed by atoms with Crippen molar-refractivity contribution in [2.24, 2.45) is 0 Å². The number of carbonyl (C=O) groups excluding carboxylic acids is 1. The number of hydrogen-bond donors (Lipinski definition) is 0. The molecule has 82 valence electrons. The molecule has 1 aromatic rings. The first-order valence-corrected chi connectivity index (χ1v) is 5.32. The first-order chi connectivity index (χ1) is 7.36. The molecule has 4 nitrogen and oxygen atoms in total. The van der Waals surface area contributed by atoms with Gasteiger partial charge >= 0.3 is 0 Å². The van der Waals surface area contributed by atoms with Gasteiger partial charge in [0.1, 0.15) is 5.76 Å². The molecule has 1 saturated heterocycles. The maximum absolute atomic E-state index is 11.7. The van der Waals surface area contributed by atoms with Gasteiger partial charge in [-0.05, 0) is 25.0 Å². The normalized spacial score (nSPS) is 16.7. The van der Waals surface area contributed by atoms with Crippen LogP contribution < -0.4 is 0 Å². The van der Waals surface area contributed by atoms with Crippen LogP contribution in [0.15, 0.2) is 22.8 Å². The molecule has 15 heavy (non-hydrogen) atoms. The molecule has 0 bridgehead atoms. The van der Waals surface area contributed by atoms with Crippen molar-refractivity contribution in [3.63, 3.8) is 0 Å². The average Bonchev–Trinajstić information content (AvgIpc) is 2.80. The molecule has 0 saturated carbocycles. The van der Waals surface area contributed by atoms with E-state index in [2.05, 4.69) is 0 Å².